The molecule has 0 aliphatic heterocycles. The molecular weight excluding hydrogens is 507 g/mol. The molecule has 0 radical (unpaired) electrons. The molecule has 1 aromatic heterocycles. The van der Waals surface area contributed by atoms with E-state index < -0.39 is 14.3 Å². The summed E-state index contributed by atoms with van der Waals surface area (Å²) >= 11 is 0. The van der Waals surface area contributed by atoms with Crippen molar-refractivity contribution < 1.29 is 18.3 Å². The van der Waals surface area contributed by atoms with Gasteiger partial charge in [-0.1, -0.05) is 81.4 Å². The van der Waals surface area contributed by atoms with Crippen molar-refractivity contribution in [1.29, 1.82) is 0 Å². The fraction of sp³-hybridized carbons (Fsp3) is 0.281. The molecule has 3 aromatic carbocycles. The molecule has 0 saturated heterocycles. The van der Waals surface area contributed by atoms with E-state index in [-0.39, 0.29) is 10.9 Å². The number of hydrogen-bond acceptors (Lipinski definition) is 4. The molecule has 0 aliphatic rings. The van der Waals surface area contributed by atoms with E-state index in [1.165, 1.54) is 19.2 Å². The fourth-order valence-electron chi connectivity index (χ4n) is 4.19. The van der Waals surface area contributed by atoms with Crippen molar-refractivity contribution in [2.24, 2.45) is 0 Å². The average Bonchev–Trinajstić information content (AvgIpc) is 3.27. The third-order valence-electron chi connectivity index (χ3n) is 7.33. The molecule has 0 fully saturated rings. The fourth-order valence-corrected chi connectivity index (χ4v) is 5.17. The summed E-state index contributed by atoms with van der Waals surface area (Å²) in [7, 11) is -0.941. The minimum Gasteiger partial charge on any atom is -0.531 e. The van der Waals surface area contributed by atoms with E-state index in [1.807, 2.05) is 41.0 Å². The number of carbonyl (C=O) groups excluding carboxylic acids is 1. The number of halogens is 1. The van der Waals surface area contributed by atoms with E-state index in [2.05, 4.69) is 63.0 Å². The van der Waals surface area contributed by atoms with Crippen LogP contribution in [0.5, 0.6) is 5.88 Å². The van der Waals surface area contributed by atoms with Crippen LogP contribution in [0.25, 0.3) is 5.69 Å². The maximum atomic E-state index is 14.0. The minimum atomic E-state index is -2.32. The molecule has 1 heterocycles. The van der Waals surface area contributed by atoms with Crippen molar-refractivity contribution >= 4 is 20.1 Å². The van der Waals surface area contributed by atoms with E-state index in [1.54, 1.807) is 18.2 Å². The number of aromatic nitrogens is 1. The molecule has 0 spiro atoms. The van der Waals surface area contributed by atoms with Crippen LogP contribution in [0.3, 0.4) is 0 Å². The first kappa shape index (κ1) is 28.2. The Labute approximate surface area is 231 Å². The van der Waals surface area contributed by atoms with E-state index in [0.717, 1.165) is 11.1 Å². The highest BCUT2D eigenvalue weighted by Gasteiger charge is 2.41. The van der Waals surface area contributed by atoms with Crippen LogP contribution >= 0.6 is 0 Å². The molecule has 4 aromatic rings. The molecule has 7 heteroatoms. The maximum absolute atomic E-state index is 14.0. The maximum Gasteiger partial charge on any atom is 0.341 e. The molecule has 0 amide bonds. The van der Waals surface area contributed by atoms with Gasteiger partial charge in [-0.3, -0.25) is 4.57 Å². The molecular formula is C32H37FN2O3Si. The van der Waals surface area contributed by atoms with Gasteiger partial charge in [-0.25, -0.2) is 9.18 Å². The molecule has 204 valence electrons. The summed E-state index contributed by atoms with van der Waals surface area (Å²) in [6.07, 6.45) is 0. The van der Waals surface area contributed by atoms with E-state index in [0.29, 0.717) is 36.0 Å². The average molecular weight is 545 g/mol. The largest absolute Gasteiger partial charge is 0.531 e. The summed E-state index contributed by atoms with van der Waals surface area (Å²) in [4.78, 5) is 15.4. The number of nitrogens with zero attached hydrogens (tertiary/aromatic N) is 2. The van der Waals surface area contributed by atoms with E-state index >= 15 is 0 Å². The van der Waals surface area contributed by atoms with Crippen LogP contribution in [0.4, 0.5) is 10.2 Å². The molecule has 0 unspecified atom stereocenters. The number of rotatable bonds is 9. The smallest absolute Gasteiger partial charge is 0.341 e. The third kappa shape index (κ3) is 6.42. The van der Waals surface area contributed by atoms with Crippen LogP contribution in [0.2, 0.25) is 18.1 Å². The predicted molar refractivity (Wildman–Crippen MR) is 158 cm³/mol. The summed E-state index contributed by atoms with van der Waals surface area (Å²) in [6, 6.07) is 28.3. The van der Waals surface area contributed by atoms with Crippen LogP contribution in [0, 0.1) is 5.82 Å². The van der Waals surface area contributed by atoms with Gasteiger partial charge in [0.1, 0.15) is 17.2 Å². The lowest BCUT2D eigenvalue weighted by molar-refractivity contribution is 0.0601. The van der Waals surface area contributed by atoms with Gasteiger partial charge in [0.25, 0.3) is 8.32 Å². The number of benzene rings is 3. The van der Waals surface area contributed by atoms with Gasteiger partial charge in [0, 0.05) is 19.2 Å². The third-order valence-corrected chi connectivity index (χ3v) is 11.7. The normalized spacial score (nSPS) is 11.8. The van der Waals surface area contributed by atoms with Gasteiger partial charge < -0.3 is 14.1 Å². The van der Waals surface area contributed by atoms with Crippen LogP contribution in [-0.2, 0) is 17.8 Å². The molecule has 0 aliphatic carbocycles. The SMILES string of the molecule is COC(=O)c1cc(O[Si](C)(C)C(C)(C)C)n(-c2ccc(F)cc2)c1N(Cc1ccccc1)Cc1ccccc1. The van der Waals surface area contributed by atoms with Gasteiger partial charge >= 0.3 is 5.97 Å². The Morgan fingerprint density at radius 2 is 1.38 bits per heavy atom. The summed E-state index contributed by atoms with van der Waals surface area (Å²) < 4.78 is 28.1. The van der Waals surface area contributed by atoms with Crippen LogP contribution in [-0.4, -0.2) is 26.0 Å². The van der Waals surface area contributed by atoms with Crippen LogP contribution < -0.4 is 9.33 Å². The monoisotopic (exact) mass is 544 g/mol. The van der Waals surface area contributed by atoms with E-state index in [4.69, 9.17) is 9.16 Å². The van der Waals surface area contributed by atoms with Crippen molar-refractivity contribution in [3.8, 4) is 11.6 Å². The lowest BCUT2D eigenvalue weighted by Crippen LogP contribution is -2.44. The lowest BCUT2D eigenvalue weighted by Gasteiger charge is -2.37. The first-order valence-electron chi connectivity index (χ1n) is 13.1. The topological polar surface area (TPSA) is 43.7 Å². The number of esters is 1. The molecule has 39 heavy (non-hydrogen) atoms. The summed E-state index contributed by atoms with van der Waals surface area (Å²) in [6.45, 7) is 11.9. The second-order valence-corrected chi connectivity index (χ2v) is 15.9. The van der Waals surface area contributed by atoms with Gasteiger partial charge in [-0.15, -0.1) is 0 Å². The second kappa shape index (κ2) is 11.5. The van der Waals surface area contributed by atoms with E-state index in [9.17, 15) is 9.18 Å². The highest BCUT2D eigenvalue weighted by molar-refractivity contribution is 6.74. The Balaban J connectivity index is 1.98. The Hall–Kier alpha value is -3.84. The Morgan fingerprint density at radius 3 is 1.85 bits per heavy atom. The molecule has 5 nitrogen and oxygen atoms in total. The number of methoxy groups -OCH3 is 1. The number of anilines is 1. The van der Waals surface area contributed by atoms with Gasteiger partial charge in [0.05, 0.1) is 12.8 Å². The van der Waals surface area contributed by atoms with Crippen molar-refractivity contribution in [3.05, 3.63) is 114 Å². The van der Waals surface area contributed by atoms with Crippen molar-refractivity contribution in [1.82, 2.24) is 4.57 Å². The van der Waals surface area contributed by atoms with Gasteiger partial charge in [0.2, 0.25) is 0 Å². The number of carbonyl (C=O) groups is 1. The Morgan fingerprint density at radius 1 is 0.872 bits per heavy atom. The summed E-state index contributed by atoms with van der Waals surface area (Å²) in [5, 5.41) is -0.0791. The highest BCUT2D eigenvalue weighted by atomic mass is 28.4. The van der Waals surface area contributed by atoms with Gasteiger partial charge in [-0.05, 0) is 53.5 Å². The Bertz CT molecular complexity index is 1350. The zero-order valence-corrected chi connectivity index (χ0v) is 24.6. The molecule has 0 N–H and O–H groups in total. The van der Waals surface area contributed by atoms with Gasteiger partial charge in [-0.2, -0.15) is 0 Å². The molecule has 0 saturated carbocycles. The van der Waals surface area contributed by atoms with Crippen molar-refractivity contribution in [2.75, 3.05) is 12.0 Å². The molecule has 0 atom stereocenters. The summed E-state index contributed by atoms with van der Waals surface area (Å²) in [5.74, 6) is 0.375. The highest BCUT2D eigenvalue weighted by Crippen LogP contribution is 2.42. The van der Waals surface area contributed by atoms with Crippen molar-refractivity contribution in [3.63, 3.8) is 0 Å². The number of ether oxygens (including phenoxy) is 1. The van der Waals surface area contributed by atoms with Crippen molar-refractivity contribution in [2.45, 2.75) is 52.0 Å². The predicted octanol–water partition coefficient (Wildman–Crippen LogP) is 7.99. The summed E-state index contributed by atoms with van der Waals surface area (Å²) in [5.41, 5.74) is 3.26. The first-order valence-corrected chi connectivity index (χ1v) is 16.0. The standard InChI is InChI=1S/C32H37FN2O3Si/c1-32(2,3)39(5,6)38-29-21-28(31(36)37-4)30(35(29)27-19-17-26(33)18-20-27)34(22-24-13-9-7-10-14-24)23-25-15-11-8-12-16-25/h7-21H,22-23H2,1-6H3. The lowest BCUT2D eigenvalue weighted by atomic mass is 10.1. The zero-order chi connectivity index (χ0) is 28.2. The molecule has 0 bridgehead atoms. The second-order valence-electron chi connectivity index (χ2n) is 11.2. The first-order chi connectivity index (χ1) is 18.5. The minimum absolute atomic E-state index is 0.0791. The van der Waals surface area contributed by atoms with Crippen LogP contribution in [0.1, 0.15) is 42.3 Å². The Kier molecular flexibility index (Phi) is 8.30. The van der Waals surface area contributed by atoms with Gasteiger partial charge in [0.15, 0.2) is 5.88 Å². The number of hydrogen-bond donors (Lipinski definition) is 0. The van der Waals surface area contributed by atoms with Crippen LogP contribution in [0.15, 0.2) is 91.0 Å². The molecule has 4 rings (SSSR count). The zero-order valence-electron chi connectivity index (χ0n) is 23.6. The quantitative estimate of drug-likeness (QED) is 0.158.